The number of oxime groups is 1. The predicted octanol–water partition coefficient (Wildman–Crippen LogP) is 4.74. The highest BCUT2D eigenvalue weighted by Crippen LogP contribution is 2.34. The van der Waals surface area contributed by atoms with Gasteiger partial charge < -0.3 is 14.9 Å². The first-order valence-corrected chi connectivity index (χ1v) is 16.8. The number of benzene rings is 1. The lowest BCUT2D eigenvalue weighted by atomic mass is 9.82. The second-order valence-corrected chi connectivity index (χ2v) is 13.8. The van der Waals surface area contributed by atoms with Gasteiger partial charge in [0.1, 0.15) is 12.2 Å². The highest BCUT2D eigenvalue weighted by atomic mass is 79.9. The van der Waals surface area contributed by atoms with Crippen LogP contribution in [0.4, 0.5) is 0 Å². The van der Waals surface area contributed by atoms with Crippen LogP contribution in [0.15, 0.2) is 46.2 Å². The van der Waals surface area contributed by atoms with Gasteiger partial charge in [0, 0.05) is 42.0 Å². The molecule has 12 heteroatoms. The van der Waals surface area contributed by atoms with Crippen molar-refractivity contribution in [2.24, 2.45) is 11.1 Å². The number of aromatic nitrogens is 1. The number of likely N-dealkylation sites (tertiary alicyclic amines) is 2. The summed E-state index contributed by atoms with van der Waals surface area (Å²) in [5, 5.41) is 16.6. The van der Waals surface area contributed by atoms with Gasteiger partial charge in [-0.3, -0.25) is 14.2 Å². The molecule has 10 nitrogen and oxygen atoms in total. The largest absolute Gasteiger partial charge is 0.618 e. The van der Waals surface area contributed by atoms with E-state index >= 15 is 0 Å². The van der Waals surface area contributed by atoms with E-state index in [-0.39, 0.29) is 17.2 Å². The number of amides is 1. The van der Waals surface area contributed by atoms with Crippen LogP contribution in [-0.2, 0) is 15.0 Å². The normalized spacial score (nSPS) is 18.3. The molecule has 1 amide bonds. The Balaban J connectivity index is 0.000000730. The van der Waals surface area contributed by atoms with Crippen molar-refractivity contribution >= 4 is 37.7 Å². The Hall–Kier alpha value is -2.54. The molecule has 42 heavy (non-hydrogen) atoms. The van der Waals surface area contributed by atoms with Gasteiger partial charge in [-0.15, -0.1) is 0 Å². The van der Waals surface area contributed by atoms with E-state index in [2.05, 4.69) is 57.2 Å². The number of aryl methyl sites for hydroxylation is 1. The van der Waals surface area contributed by atoms with E-state index in [1.165, 1.54) is 13.1 Å². The van der Waals surface area contributed by atoms with Crippen molar-refractivity contribution in [1.29, 1.82) is 0 Å². The number of hydrogen-bond acceptors (Lipinski definition) is 7. The predicted molar refractivity (Wildman–Crippen MR) is 167 cm³/mol. The van der Waals surface area contributed by atoms with E-state index in [1.54, 1.807) is 13.0 Å². The number of hydrogen-bond donors (Lipinski definition) is 1. The molecule has 0 bridgehead atoms. The Kier molecular flexibility index (Phi) is 11.9. The van der Waals surface area contributed by atoms with Crippen LogP contribution in [0.25, 0.3) is 0 Å². The third-order valence-corrected chi connectivity index (χ3v) is 9.59. The van der Waals surface area contributed by atoms with Gasteiger partial charge in [-0.25, -0.2) is 0 Å². The monoisotopic (exact) mass is 666 g/mol. The molecule has 0 spiro atoms. The molecule has 2 saturated heterocycles. The summed E-state index contributed by atoms with van der Waals surface area (Å²) < 4.78 is 28.8. The van der Waals surface area contributed by atoms with Gasteiger partial charge in [0.25, 0.3) is 16.0 Å². The van der Waals surface area contributed by atoms with Gasteiger partial charge in [0.05, 0.1) is 11.5 Å². The van der Waals surface area contributed by atoms with Gasteiger partial charge in [0.15, 0.2) is 6.20 Å². The van der Waals surface area contributed by atoms with E-state index < -0.39 is 10.1 Å². The average molecular weight is 668 g/mol. The van der Waals surface area contributed by atoms with Gasteiger partial charge in [-0.1, -0.05) is 33.2 Å². The lowest BCUT2D eigenvalue weighted by Gasteiger charge is -2.49. The zero-order chi connectivity index (χ0) is 31.1. The molecule has 4 rings (SSSR count). The lowest BCUT2D eigenvalue weighted by Crippen LogP contribution is -2.57. The Morgan fingerprint density at radius 3 is 2.21 bits per heavy atom. The summed E-state index contributed by atoms with van der Waals surface area (Å²) in [6, 6.07) is 10.0. The zero-order valence-electron chi connectivity index (χ0n) is 25.2. The first-order chi connectivity index (χ1) is 19.8. The minimum Gasteiger partial charge on any atom is -0.618 e. The number of piperidine rings is 2. The summed E-state index contributed by atoms with van der Waals surface area (Å²) in [5.74, 6) is 0.136. The number of pyridine rings is 1. The van der Waals surface area contributed by atoms with Gasteiger partial charge in [0.2, 0.25) is 5.69 Å². The highest BCUT2D eigenvalue weighted by molar-refractivity contribution is 9.10. The van der Waals surface area contributed by atoms with Crippen LogP contribution in [0.3, 0.4) is 0 Å². The molecule has 232 valence electrons. The fraction of sp³-hybridized carbons (Fsp3) is 0.567. The van der Waals surface area contributed by atoms with Crippen LogP contribution >= 0.6 is 15.9 Å². The molecule has 1 N–H and O–H groups in total. The van der Waals surface area contributed by atoms with Crippen molar-refractivity contribution < 1.29 is 27.3 Å². The van der Waals surface area contributed by atoms with Crippen LogP contribution in [0.1, 0.15) is 73.6 Å². The summed E-state index contributed by atoms with van der Waals surface area (Å²) >= 11 is 3.52. The van der Waals surface area contributed by atoms with Crippen molar-refractivity contribution in [3.05, 3.63) is 68.6 Å². The van der Waals surface area contributed by atoms with E-state index in [0.29, 0.717) is 36.9 Å². The number of carbonyl (C=O) groups is 1. The summed E-state index contributed by atoms with van der Waals surface area (Å²) in [5.41, 5.74) is 4.11. The molecule has 2 aliphatic rings. The summed E-state index contributed by atoms with van der Waals surface area (Å²) in [6.07, 6.45) is 5.40. The molecule has 0 unspecified atom stereocenters. The van der Waals surface area contributed by atoms with Crippen molar-refractivity contribution in [2.75, 3.05) is 38.5 Å². The van der Waals surface area contributed by atoms with Crippen LogP contribution in [0.2, 0.25) is 0 Å². The van der Waals surface area contributed by atoms with Crippen molar-refractivity contribution in [3.8, 4) is 0 Å². The second-order valence-electron chi connectivity index (χ2n) is 11.1. The van der Waals surface area contributed by atoms with Gasteiger partial charge >= 0.3 is 0 Å². The fourth-order valence-corrected chi connectivity index (χ4v) is 5.83. The van der Waals surface area contributed by atoms with E-state index in [9.17, 15) is 18.4 Å². The third kappa shape index (κ3) is 8.75. The number of nitrogens with zero attached hydrogens (tertiary/aromatic N) is 4. The molecule has 0 radical (unpaired) electrons. The van der Waals surface area contributed by atoms with E-state index in [0.717, 1.165) is 64.8 Å². The molecule has 2 aromatic rings. The summed E-state index contributed by atoms with van der Waals surface area (Å²) in [4.78, 5) is 23.3. The number of carbonyl (C=O) groups excluding carboxylic acids is 1. The van der Waals surface area contributed by atoms with Crippen LogP contribution in [0.5, 0.6) is 0 Å². The van der Waals surface area contributed by atoms with E-state index in [4.69, 9.17) is 9.39 Å². The van der Waals surface area contributed by atoms with Gasteiger partial charge in [-0.2, -0.15) is 13.1 Å². The Morgan fingerprint density at radius 1 is 1.12 bits per heavy atom. The maximum atomic E-state index is 13.3. The van der Waals surface area contributed by atoms with Crippen LogP contribution in [-0.4, -0.2) is 78.5 Å². The fourth-order valence-electron chi connectivity index (χ4n) is 5.57. The first-order valence-electron chi connectivity index (χ1n) is 14.4. The Labute approximate surface area is 258 Å². The number of halogens is 1. The maximum absolute atomic E-state index is 13.3. The Bertz CT molecular complexity index is 1350. The lowest BCUT2D eigenvalue weighted by molar-refractivity contribution is -0.612. The standard InChI is InChI=1S/C28H37BrN4O3.C2H6O3S/c1-5-36-30-26(22-6-8-24(29)9-7-22)23-11-15-32(16-12-23)28(4)13-18-31(19-14-28)27(34)25-20(2)10-17-33(35)21(25)3;1-2-6(3,4)5/h6-10,17,23H,5,11-16,18-19H2,1-4H3;2H2,1H3,(H,3,4,5)/b30-26-;. The zero-order valence-corrected chi connectivity index (χ0v) is 27.6. The maximum Gasteiger partial charge on any atom is 0.264 e. The van der Waals surface area contributed by atoms with Crippen molar-refractivity contribution in [1.82, 2.24) is 9.80 Å². The topological polar surface area (TPSA) is 126 Å². The second kappa shape index (κ2) is 14.8. The van der Waals surface area contributed by atoms with Crippen LogP contribution < -0.4 is 4.73 Å². The molecule has 0 saturated carbocycles. The summed E-state index contributed by atoms with van der Waals surface area (Å²) in [6.45, 7) is 13.3. The minimum absolute atomic E-state index is 0.0257. The van der Waals surface area contributed by atoms with E-state index in [1.807, 2.05) is 18.7 Å². The Morgan fingerprint density at radius 2 is 1.69 bits per heavy atom. The molecule has 2 aliphatic heterocycles. The van der Waals surface area contributed by atoms with Crippen molar-refractivity contribution in [3.63, 3.8) is 0 Å². The molecule has 1 aromatic carbocycles. The van der Waals surface area contributed by atoms with Gasteiger partial charge in [-0.05, 0) is 89.7 Å². The quantitative estimate of drug-likeness (QED) is 0.149. The molecule has 0 atom stereocenters. The molecule has 2 fully saturated rings. The smallest absolute Gasteiger partial charge is 0.264 e. The summed E-state index contributed by atoms with van der Waals surface area (Å²) in [7, 11) is -3.66. The third-order valence-electron chi connectivity index (χ3n) is 8.33. The minimum atomic E-state index is -3.66. The molecule has 1 aromatic heterocycles. The van der Waals surface area contributed by atoms with Crippen molar-refractivity contribution in [2.45, 2.75) is 65.8 Å². The van der Waals surface area contributed by atoms with Crippen LogP contribution in [0, 0.1) is 25.0 Å². The SMILES string of the molecule is CCO/N=C(/c1ccc(Br)cc1)C1CCN(C2(C)CCN(C(=O)c3c(C)cc[n+]([O-])c3C)CC2)CC1.CCS(=O)(=O)O. The molecule has 0 aliphatic carbocycles. The highest BCUT2D eigenvalue weighted by Gasteiger charge is 2.40. The molecular formula is C30H43BrN4O6S. The first kappa shape index (κ1) is 34.0. The number of rotatable bonds is 7. The molecule has 3 heterocycles. The molecular weight excluding hydrogens is 624 g/mol. The average Bonchev–Trinajstić information content (AvgIpc) is 2.97.